The number of pyridine rings is 1. The van der Waals surface area contributed by atoms with Crippen molar-refractivity contribution in [2.75, 3.05) is 0 Å². The summed E-state index contributed by atoms with van der Waals surface area (Å²) in [6.07, 6.45) is 4.81. The average molecular weight is 240 g/mol. The van der Waals surface area contributed by atoms with Crippen LogP contribution in [-0.4, -0.2) is 11.1 Å². The molecule has 0 unspecified atom stereocenters. The Balaban J connectivity index is 2.24. The molecule has 0 aliphatic carbocycles. The minimum atomic E-state index is -0.947. The minimum absolute atomic E-state index is 0.239. The van der Waals surface area contributed by atoms with E-state index in [1.54, 1.807) is 35.4 Å². The first kappa shape index (κ1) is 10.5. The van der Waals surface area contributed by atoms with Crippen LogP contribution in [0.2, 0.25) is 0 Å². The van der Waals surface area contributed by atoms with E-state index in [4.69, 9.17) is 9.84 Å². The molecule has 4 nitrogen and oxygen atoms in total. The zero-order valence-electron chi connectivity index (χ0n) is 9.41. The minimum Gasteiger partial charge on any atom is -0.477 e. The van der Waals surface area contributed by atoms with Gasteiger partial charge in [-0.25, -0.2) is 4.79 Å². The first-order valence-electron chi connectivity index (χ1n) is 5.47. The molecule has 1 aliphatic rings. The molecule has 2 aromatic rings. The molecule has 0 fully saturated rings. The number of carboxylic acids is 1. The molecule has 0 atom stereocenters. The number of aromatic carboxylic acids is 1. The third kappa shape index (κ3) is 1.64. The van der Waals surface area contributed by atoms with Crippen LogP contribution >= 0.6 is 0 Å². The van der Waals surface area contributed by atoms with E-state index in [-0.39, 0.29) is 5.56 Å². The summed E-state index contributed by atoms with van der Waals surface area (Å²) < 4.78 is 7.23. The lowest BCUT2D eigenvalue weighted by molar-refractivity contribution is -0.556. The standard InChI is InChI=1S/C14H9NO3/c16-14(17)10-5-6-12-11-3-1-2-4-13(11)18-8-7-15(12)9-10/h1-9H/p+1. The van der Waals surface area contributed by atoms with Gasteiger partial charge in [0.2, 0.25) is 11.9 Å². The number of hydrogen-bond acceptors (Lipinski definition) is 2. The Morgan fingerprint density at radius 3 is 2.83 bits per heavy atom. The van der Waals surface area contributed by atoms with Crippen LogP contribution in [0.1, 0.15) is 10.4 Å². The molecule has 1 aromatic carbocycles. The largest absolute Gasteiger partial charge is 0.477 e. The van der Waals surface area contributed by atoms with Crippen LogP contribution < -0.4 is 9.30 Å². The first-order chi connectivity index (χ1) is 8.75. The van der Waals surface area contributed by atoms with Crippen LogP contribution in [0.4, 0.5) is 0 Å². The third-order valence-corrected chi connectivity index (χ3v) is 2.80. The molecule has 1 N–H and O–H groups in total. The summed E-state index contributed by atoms with van der Waals surface area (Å²) >= 11 is 0. The highest BCUT2D eigenvalue weighted by atomic mass is 16.5. The summed E-state index contributed by atoms with van der Waals surface area (Å²) in [6, 6.07) is 11.0. The second-order valence-electron chi connectivity index (χ2n) is 3.91. The Kier molecular flexibility index (Phi) is 2.34. The van der Waals surface area contributed by atoms with Crippen LogP contribution in [0.3, 0.4) is 0 Å². The molecule has 0 spiro atoms. The quantitative estimate of drug-likeness (QED) is 0.777. The van der Waals surface area contributed by atoms with Gasteiger partial charge in [0.25, 0.3) is 0 Å². The summed E-state index contributed by atoms with van der Waals surface area (Å²) in [5.74, 6) is -0.194. The maximum absolute atomic E-state index is 10.9. The fraction of sp³-hybridized carbons (Fsp3) is 0. The van der Waals surface area contributed by atoms with Gasteiger partial charge in [0, 0.05) is 6.07 Å². The molecule has 18 heavy (non-hydrogen) atoms. The molecule has 0 bridgehead atoms. The van der Waals surface area contributed by atoms with E-state index in [9.17, 15) is 4.79 Å². The Labute approximate surface area is 103 Å². The van der Waals surface area contributed by atoms with Gasteiger partial charge in [-0.05, 0) is 18.2 Å². The fourth-order valence-corrected chi connectivity index (χ4v) is 1.95. The van der Waals surface area contributed by atoms with Gasteiger partial charge in [0.15, 0.2) is 12.5 Å². The highest BCUT2D eigenvalue weighted by Gasteiger charge is 2.20. The van der Waals surface area contributed by atoms with Crippen molar-refractivity contribution in [3.05, 3.63) is 54.4 Å². The van der Waals surface area contributed by atoms with Gasteiger partial charge in [-0.2, -0.15) is 4.57 Å². The van der Waals surface area contributed by atoms with Crippen LogP contribution in [0, 0.1) is 0 Å². The summed E-state index contributed by atoms with van der Waals surface area (Å²) in [7, 11) is 0. The maximum atomic E-state index is 10.9. The van der Waals surface area contributed by atoms with E-state index in [2.05, 4.69) is 0 Å². The Bertz CT molecular complexity index is 662. The normalized spacial score (nSPS) is 12.0. The number of aromatic nitrogens is 1. The van der Waals surface area contributed by atoms with Gasteiger partial charge in [0.1, 0.15) is 11.3 Å². The molecular weight excluding hydrogens is 230 g/mol. The summed E-state index contributed by atoms with van der Waals surface area (Å²) in [5.41, 5.74) is 2.06. The van der Waals surface area contributed by atoms with E-state index in [0.717, 1.165) is 17.0 Å². The smallest absolute Gasteiger partial charge is 0.341 e. The Morgan fingerprint density at radius 2 is 2.00 bits per heavy atom. The second-order valence-corrected chi connectivity index (χ2v) is 3.91. The molecule has 1 aromatic heterocycles. The van der Waals surface area contributed by atoms with Crippen molar-refractivity contribution in [3.8, 4) is 17.0 Å². The zero-order valence-corrected chi connectivity index (χ0v) is 9.41. The molecule has 0 saturated heterocycles. The number of ether oxygens (including phenoxy) is 1. The molecule has 88 valence electrons. The first-order valence-corrected chi connectivity index (χ1v) is 5.47. The van der Waals surface area contributed by atoms with Crippen molar-refractivity contribution in [2.45, 2.75) is 0 Å². The van der Waals surface area contributed by atoms with E-state index in [1.165, 1.54) is 0 Å². The number of rotatable bonds is 1. The van der Waals surface area contributed by atoms with E-state index in [1.807, 2.05) is 24.3 Å². The molecule has 4 heteroatoms. The molecule has 0 saturated carbocycles. The van der Waals surface area contributed by atoms with E-state index >= 15 is 0 Å². The van der Waals surface area contributed by atoms with Gasteiger partial charge in [-0.1, -0.05) is 12.1 Å². The predicted octanol–water partition coefficient (Wildman–Crippen LogP) is 2.16. The summed E-state index contributed by atoms with van der Waals surface area (Å²) in [4.78, 5) is 10.9. The number of carboxylic acid groups (broad SMARTS) is 1. The van der Waals surface area contributed by atoms with E-state index < -0.39 is 5.97 Å². The zero-order chi connectivity index (χ0) is 12.5. The Hall–Kier alpha value is -2.62. The topological polar surface area (TPSA) is 50.4 Å². The van der Waals surface area contributed by atoms with Crippen molar-refractivity contribution >= 4 is 12.2 Å². The second kappa shape index (κ2) is 4.00. The van der Waals surface area contributed by atoms with Gasteiger partial charge < -0.3 is 9.84 Å². The molecule has 0 radical (unpaired) electrons. The monoisotopic (exact) mass is 240 g/mol. The maximum Gasteiger partial charge on any atom is 0.341 e. The molecule has 1 aliphatic heterocycles. The van der Waals surface area contributed by atoms with Gasteiger partial charge in [0.05, 0.1) is 5.56 Å². The number of nitrogens with zero attached hydrogens (tertiary/aromatic N) is 1. The molecule has 3 rings (SSSR count). The molecule has 0 amide bonds. The SMILES string of the molecule is O=C(O)c1ccc2[n+](c1)C=COc1ccccc1-2. The van der Waals surface area contributed by atoms with Crippen LogP contribution in [0.25, 0.3) is 17.5 Å². The van der Waals surface area contributed by atoms with Gasteiger partial charge in [-0.15, -0.1) is 0 Å². The lowest BCUT2D eigenvalue weighted by atomic mass is 10.1. The lowest BCUT2D eigenvalue weighted by Gasteiger charge is -2.03. The average Bonchev–Trinajstić information content (AvgIpc) is 2.57. The highest BCUT2D eigenvalue weighted by molar-refractivity contribution is 5.87. The van der Waals surface area contributed by atoms with Crippen molar-refractivity contribution in [1.29, 1.82) is 0 Å². The lowest BCUT2D eigenvalue weighted by Crippen LogP contribution is -2.29. The van der Waals surface area contributed by atoms with Crippen molar-refractivity contribution < 1.29 is 19.2 Å². The highest BCUT2D eigenvalue weighted by Crippen LogP contribution is 2.29. The number of carbonyl (C=O) groups is 1. The van der Waals surface area contributed by atoms with Crippen LogP contribution in [0.15, 0.2) is 48.9 Å². The number of benzene rings is 1. The van der Waals surface area contributed by atoms with Gasteiger partial charge in [-0.3, -0.25) is 0 Å². The van der Waals surface area contributed by atoms with Crippen molar-refractivity contribution in [1.82, 2.24) is 0 Å². The summed E-state index contributed by atoms with van der Waals surface area (Å²) in [5, 5.41) is 8.98. The van der Waals surface area contributed by atoms with Gasteiger partial charge >= 0.3 is 5.97 Å². The number of fused-ring (bicyclic) bond motifs is 3. The van der Waals surface area contributed by atoms with Crippen molar-refractivity contribution in [2.24, 2.45) is 0 Å². The Morgan fingerprint density at radius 1 is 1.17 bits per heavy atom. The molecular formula is C14H10NO3+. The number of hydrogen-bond donors (Lipinski definition) is 1. The predicted molar refractivity (Wildman–Crippen MR) is 65.0 cm³/mol. The van der Waals surface area contributed by atoms with E-state index in [0.29, 0.717) is 0 Å². The third-order valence-electron chi connectivity index (χ3n) is 2.80. The number of para-hydroxylation sites is 1. The molecule has 2 heterocycles. The fourth-order valence-electron chi connectivity index (χ4n) is 1.95. The van der Waals surface area contributed by atoms with Crippen molar-refractivity contribution in [3.63, 3.8) is 0 Å². The van der Waals surface area contributed by atoms with Crippen LogP contribution in [-0.2, 0) is 0 Å². The van der Waals surface area contributed by atoms with Crippen LogP contribution in [0.5, 0.6) is 5.75 Å². The summed E-state index contributed by atoms with van der Waals surface area (Å²) in [6.45, 7) is 0.